The highest BCUT2D eigenvalue weighted by molar-refractivity contribution is 5.92. The molecular weight excluding hydrogens is 422 g/mol. The van der Waals surface area contributed by atoms with E-state index in [0.29, 0.717) is 31.3 Å². The summed E-state index contributed by atoms with van der Waals surface area (Å²) in [5.74, 6) is 0.584. The van der Waals surface area contributed by atoms with Crippen LogP contribution in [0, 0.1) is 0 Å². The van der Waals surface area contributed by atoms with Crippen molar-refractivity contribution in [2.24, 2.45) is 0 Å². The van der Waals surface area contributed by atoms with Crippen LogP contribution in [-0.4, -0.2) is 119 Å². The van der Waals surface area contributed by atoms with E-state index < -0.39 is 6.10 Å². The van der Waals surface area contributed by atoms with E-state index in [1.807, 2.05) is 18.7 Å². The van der Waals surface area contributed by atoms with Gasteiger partial charge in [0.05, 0.1) is 25.4 Å². The molecule has 0 aromatic carbocycles. The highest BCUT2D eigenvalue weighted by atomic mass is 16.5. The van der Waals surface area contributed by atoms with Crippen LogP contribution in [0.5, 0.6) is 0 Å². The summed E-state index contributed by atoms with van der Waals surface area (Å²) < 4.78 is 11.1. The first-order valence-electron chi connectivity index (χ1n) is 12.7. The molecule has 9 nitrogen and oxygen atoms in total. The summed E-state index contributed by atoms with van der Waals surface area (Å²) >= 11 is 0. The molecule has 33 heavy (non-hydrogen) atoms. The number of piperazine rings is 2. The molecular formula is C24H41N5O4. The monoisotopic (exact) mass is 463 g/mol. The molecule has 1 aromatic rings. The molecule has 1 aromatic heterocycles. The topological polar surface area (TPSA) is 85.5 Å². The maximum Gasteiger partial charge on any atom is 0.275 e. The number of ether oxygens (including phenoxy) is 1. The number of aliphatic hydroxyl groups excluding tert-OH is 1. The fourth-order valence-corrected chi connectivity index (χ4v) is 5.18. The third-order valence-electron chi connectivity index (χ3n) is 7.13. The van der Waals surface area contributed by atoms with Gasteiger partial charge in [0.15, 0.2) is 5.69 Å². The molecule has 1 N–H and O–H groups in total. The van der Waals surface area contributed by atoms with E-state index in [-0.39, 0.29) is 12.0 Å². The molecule has 0 spiro atoms. The van der Waals surface area contributed by atoms with Crippen molar-refractivity contribution in [3.05, 3.63) is 17.8 Å². The largest absolute Gasteiger partial charge is 0.447 e. The Labute approximate surface area is 197 Å². The van der Waals surface area contributed by atoms with Gasteiger partial charge in [-0.3, -0.25) is 19.5 Å². The fourth-order valence-electron chi connectivity index (χ4n) is 5.18. The first-order chi connectivity index (χ1) is 16.0. The zero-order valence-corrected chi connectivity index (χ0v) is 20.3. The Hall–Kier alpha value is -1.52. The maximum absolute atomic E-state index is 12.9. The summed E-state index contributed by atoms with van der Waals surface area (Å²) in [6.07, 6.45) is 6.49. The van der Waals surface area contributed by atoms with Gasteiger partial charge in [-0.25, -0.2) is 4.98 Å². The molecule has 0 bridgehead atoms. The van der Waals surface area contributed by atoms with E-state index in [0.717, 1.165) is 58.4 Å². The Balaban J connectivity index is 1.17. The van der Waals surface area contributed by atoms with Crippen LogP contribution in [0.1, 0.15) is 55.9 Å². The summed E-state index contributed by atoms with van der Waals surface area (Å²) in [6, 6.07) is 0.720. The van der Waals surface area contributed by atoms with Crippen LogP contribution >= 0.6 is 0 Å². The van der Waals surface area contributed by atoms with Gasteiger partial charge < -0.3 is 19.2 Å². The summed E-state index contributed by atoms with van der Waals surface area (Å²) in [6.45, 7) is 12.6. The number of β-amino-alcohol motifs (C(OH)–C–C–N with tert-alkyl or cyclic N) is 1. The number of hydrogen-bond donors (Lipinski definition) is 1. The second-order valence-electron chi connectivity index (χ2n) is 10.0. The van der Waals surface area contributed by atoms with Gasteiger partial charge in [-0.15, -0.1) is 0 Å². The number of aromatic nitrogens is 1. The van der Waals surface area contributed by atoms with Crippen LogP contribution in [0.2, 0.25) is 0 Å². The first-order valence-corrected chi connectivity index (χ1v) is 12.7. The van der Waals surface area contributed by atoms with Crippen molar-refractivity contribution in [1.82, 2.24) is 24.6 Å². The minimum Gasteiger partial charge on any atom is -0.447 e. The molecule has 1 amide bonds. The summed E-state index contributed by atoms with van der Waals surface area (Å²) in [4.78, 5) is 26.4. The predicted molar refractivity (Wildman–Crippen MR) is 125 cm³/mol. The smallest absolute Gasteiger partial charge is 0.275 e. The second kappa shape index (κ2) is 11.8. The van der Waals surface area contributed by atoms with Crippen molar-refractivity contribution < 1.29 is 19.1 Å². The lowest BCUT2D eigenvalue weighted by Gasteiger charge is -2.37. The molecule has 186 valence electrons. The van der Waals surface area contributed by atoms with Gasteiger partial charge >= 0.3 is 0 Å². The summed E-state index contributed by atoms with van der Waals surface area (Å²) in [7, 11) is 0. The molecule has 3 aliphatic rings. The van der Waals surface area contributed by atoms with E-state index in [4.69, 9.17) is 9.15 Å². The van der Waals surface area contributed by atoms with E-state index in [1.54, 1.807) is 0 Å². The zero-order chi connectivity index (χ0) is 23.2. The molecule has 3 fully saturated rings. The standard InChI is InChI=1S/C24H41N5O4/c1-19(2)32-17-21(30)15-26-7-9-27(10-8-26)16-23-25-22(18-33-23)24(31)29-13-11-28(12-14-29)20-5-3-4-6-20/h18-21,30H,3-17H2,1-2H3/t21-/m0/s1. The van der Waals surface area contributed by atoms with Gasteiger partial charge in [0.25, 0.3) is 5.91 Å². The van der Waals surface area contributed by atoms with E-state index in [1.165, 1.54) is 31.9 Å². The summed E-state index contributed by atoms with van der Waals surface area (Å²) in [5.41, 5.74) is 0.422. The Bertz CT molecular complexity index is 735. The second-order valence-corrected chi connectivity index (χ2v) is 10.0. The molecule has 2 saturated heterocycles. The molecule has 1 aliphatic carbocycles. The third-order valence-corrected chi connectivity index (χ3v) is 7.13. The summed E-state index contributed by atoms with van der Waals surface area (Å²) in [5, 5.41) is 10.1. The van der Waals surface area contributed by atoms with Crippen molar-refractivity contribution in [2.75, 3.05) is 65.5 Å². The normalized spacial score (nSPS) is 23.0. The van der Waals surface area contributed by atoms with Gasteiger partial charge in [-0.1, -0.05) is 12.8 Å². The SMILES string of the molecule is CC(C)OC[C@@H](O)CN1CCN(Cc2nc(C(=O)N3CCN(C4CCCC4)CC3)co2)CC1. The van der Waals surface area contributed by atoms with Crippen LogP contribution in [0.3, 0.4) is 0 Å². The Morgan fingerprint density at radius 1 is 1.09 bits per heavy atom. The van der Waals surface area contributed by atoms with Crippen molar-refractivity contribution in [2.45, 2.75) is 64.3 Å². The van der Waals surface area contributed by atoms with E-state index >= 15 is 0 Å². The fraction of sp³-hybridized carbons (Fsp3) is 0.833. The van der Waals surface area contributed by atoms with Crippen molar-refractivity contribution >= 4 is 5.91 Å². The molecule has 2 aliphatic heterocycles. The van der Waals surface area contributed by atoms with E-state index in [9.17, 15) is 9.90 Å². The number of oxazole rings is 1. The van der Waals surface area contributed by atoms with Crippen molar-refractivity contribution in [3.8, 4) is 0 Å². The molecule has 3 heterocycles. The van der Waals surface area contributed by atoms with E-state index in [2.05, 4.69) is 19.7 Å². The van der Waals surface area contributed by atoms with Gasteiger partial charge in [0.1, 0.15) is 6.26 Å². The Morgan fingerprint density at radius 3 is 2.42 bits per heavy atom. The van der Waals surface area contributed by atoms with Crippen LogP contribution in [-0.2, 0) is 11.3 Å². The van der Waals surface area contributed by atoms with Gasteiger partial charge in [-0.05, 0) is 26.7 Å². The minimum atomic E-state index is -0.459. The van der Waals surface area contributed by atoms with Crippen molar-refractivity contribution in [1.29, 1.82) is 0 Å². The number of aliphatic hydroxyl groups is 1. The number of rotatable bonds is 9. The number of carbonyl (C=O) groups is 1. The van der Waals surface area contributed by atoms with Crippen LogP contribution in [0.4, 0.5) is 0 Å². The lowest BCUT2D eigenvalue weighted by molar-refractivity contribution is -0.0151. The number of amides is 1. The van der Waals surface area contributed by atoms with Gasteiger partial charge in [-0.2, -0.15) is 0 Å². The molecule has 9 heteroatoms. The number of hydrogen-bond acceptors (Lipinski definition) is 8. The maximum atomic E-state index is 12.9. The molecule has 1 saturated carbocycles. The minimum absolute atomic E-state index is 0.0153. The Kier molecular flexibility index (Phi) is 8.76. The molecule has 0 radical (unpaired) electrons. The molecule has 0 unspecified atom stereocenters. The molecule has 4 rings (SSSR count). The lowest BCUT2D eigenvalue weighted by atomic mass is 10.2. The van der Waals surface area contributed by atoms with Gasteiger partial charge in [0, 0.05) is 64.9 Å². The number of carbonyl (C=O) groups excluding carboxylic acids is 1. The van der Waals surface area contributed by atoms with Crippen molar-refractivity contribution in [3.63, 3.8) is 0 Å². The van der Waals surface area contributed by atoms with Gasteiger partial charge in [0.2, 0.25) is 5.89 Å². The zero-order valence-electron chi connectivity index (χ0n) is 20.3. The third kappa shape index (κ3) is 6.99. The highest BCUT2D eigenvalue weighted by Gasteiger charge is 2.29. The predicted octanol–water partition coefficient (Wildman–Crippen LogP) is 1.28. The average Bonchev–Trinajstić information content (AvgIpc) is 3.51. The average molecular weight is 464 g/mol. The van der Waals surface area contributed by atoms with Crippen LogP contribution in [0.25, 0.3) is 0 Å². The van der Waals surface area contributed by atoms with Crippen LogP contribution in [0.15, 0.2) is 10.7 Å². The molecule has 1 atom stereocenters. The lowest BCUT2D eigenvalue weighted by Crippen LogP contribution is -2.51. The van der Waals surface area contributed by atoms with Crippen LogP contribution < -0.4 is 0 Å². The first kappa shape index (κ1) is 24.6. The highest BCUT2D eigenvalue weighted by Crippen LogP contribution is 2.24. The number of nitrogens with zero attached hydrogens (tertiary/aromatic N) is 5. The Morgan fingerprint density at radius 2 is 1.76 bits per heavy atom. The quantitative estimate of drug-likeness (QED) is 0.586.